The SMILES string of the molecule is Nc1cccc2c1CCCN2C(=O)c1ccc(O)cc1O. The minimum atomic E-state index is -0.293. The molecule has 1 aliphatic rings. The molecule has 3 rings (SSSR count). The summed E-state index contributed by atoms with van der Waals surface area (Å²) in [6.45, 7) is 0.579. The Balaban J connectivity index is 2.02. The van der Waals surface area contributed by atoms with E-state index in [0.717, 1.165) is 30.2 Å². The second kappa shape index (κ2) is 5.01. The summed E-state index contributed by atoms with van der Waals surface area (Å²) < 4.78 is 0. The van der Waals surface area contributed by atoms with Crippen molar-refractivity contribution in [2.45, 2.75) is 12.8 Å². The fourth-order valence-corrected chi connectivity index (χ4v) is 2.71. The number of nitrogens with zero attached hydrogens (tertiary/aromatic N) is 1. The molecule has 4 N–H and O–H groups in total. The third kappa shape index (κ3) is 2.27. The maximum absolute atomic E-state index is 12.6. The standard InChI is InChI=1S/C16H16N2O3/c17-13-4-1-5-14-11(13)3-2-8-18(14)16(21)12-7-6-10(19)9-15(12)20/h1,4-7,9,19-20H,2-3,8,17H2. The van der Waals surface area contributed by atoms with Crippen molar-refractivity contribution in [3.8, 4) is 11.5 Å². The number of nitrogens with two attached hydrogens (primary N) is 1. The molecule has 0 saturated carbocycles. The second-order valence-electron chi connectivity index (χ2n) is 5.11. The molecular formula is C16H16N2O3. The van der Waals surface area contributed by atoms with Crippen molar-refractivity contribution in [2.24, 2.45) is 0 Å². The fraction of sp³-hybridized carbons (Fsp3) is 0.188. The maximum atomic E-state index is 12.6. The van der Waals surface area contributed by atoms with Crippen molar-refractivity contribution in [2.75, 3.05) is 17.2 Å². The number of hydrogen-bond donors (Lipinski definition) is 3. The molecular weight excluding hydrogens is 268 g/mol. The molecule has 0 radical (unpaired) electrons. The molecule has 108 valence electrons. The van der Waals surface area contributed by atoms with E-state index in [9.17, 15) is 15.0 Å². The smallest absolute Gasteiger partial charge is 0.262 e. The van der Waals surface area contributed by atoms with Gasteiger partial charge in [0, 0.05) is 24.0 Å². The monoisotopic (exact) mass is 284 g/mol. The summed E-state index contributed by atoms with van der Waals surface area (Å²) in [5.74, 6) is -0.595. The molecule has 2 aromatic rings. The Hall–Kier alpha value is -2.69. The van der Waals surface area contributed by atoms with Crippen molar-refractivity contribution in [1.29, 1.82) is 0 Å². The van der Waals surface area contributed by atoms with Crippen LogP contribution in [0.4, 0.5) is 11.4 Å². The lowest BCUT2D eigenvalue weighted by molar-refractivity contribution is 0.0982. The molecule has 2 aromatic carbocycles. The number of benzene rings is 2. The number of fused-ring (bicyclic) bond motifs is 1. The lowest BCUT2D eigenvalue weighted by atomic mass is 9.99. The summed E-state index contributed by atoms with van der Waals surface area (Å²) in [5, 5.41) is 19.2. The van der Waals surface area contributed by atoms with E-state index in [2.05, 4.69) is 0 Å². The highest BCUT2D eigenvalue weighted by molar-refractivity contribution is 6.08. The van der Waals surface area contributed by atoms with Gasteiger partial charge in [0.25, 0.3) is 5.91 Å². The molecule has 1 amide bonds. The van der Waals surface area contributed by atoms with Crippen molar-refractivity contribution >= 4 is 17.3 Å². The third-order valence-electron chi connectivity index (χ3n) is 3.74. The first-order chi connectivity index (χ1) is 10.1. The van der Waals surface area contributed by atoms with E-state index in [-0.39, 0.29) is 23.0 Å². The summed E-state index contributed by atoms with van der Waals surface area (Å²) >= 11 is 0. The number of amides is 1. The van der Waals surface area contributed by atoms with Crippen molar-refractivity contribution < 1.29 is 15.0 Å². The van der Waals surface area contributed by atoms with E-state index >= 15 is 0 Å². The van der Waals surface area contributed by atoms with Gasteiger partial charge in [0.2, 0.25) is 0 Å². The highest BCUT2D eigenvalue weighted by Crippen LogP contribution is 2.33. The first kappa shape index (κ1) is 13.3. The average Bonchev–Trinajstić information content (AvgIpc) is 2.46. The van der Waals surface area contributed by atoms with E-state index in [1.54, 1.807) is 4.90 Å². The number of rotatable bonds is 1. The molecule has 0 atom stereocenters. The minimum absolute atomic E-state index is 0.0765. The zero-order chi connectivity index (χ0) is 15.0. The van der Waals surface area contributed by atoms with Crippen molar-refractivity contribution in [1.82, 2.24) is 0 Å². The number of anilines is 2. The summed E-state index contributed by atoms with van der Waals surface area (Å²) in [5.41, 5.74) is 8.58. The van der Waals surface area contributed by atoms with Gasteiger partial charge in [-0.05, 0) is 42.7 Å². The number of carbonyl (C=O) groups is 1. The molecule has 0 unspecified atom stereocenters. The zero-order valence-corrected chi connectivity index (χ0v) is 11.4. The predicted octanol–water partition coefficient (Wildman–Crippen LogP) is 2.27. The molecule has 1 heterocycles. The van der Waals surface area contributed by atoms with Crippen LogP contribution in [0.5, 0.6) is 11.5 Å². The number of nitrogen functional groups attached to an aromatic ring is 1. The zero-order valence-electron chi connectivity index (χ0n) is 11.4. The molecule has 5 nitrogen and oxygen atoms in total. The summed E-state index contributed by atoms with van der Waals surface area (Å²) in [6.07, 6.45) is 1.67. The Morgan fingerprint density at radius 3 is 2.76 bits per heavy atom. The minimum Gasteiger partial charge on any atom is -0.508 e. The quantitative estimate of drug-likeness (QED) is 0.701. The highest BCUT2D eigenvalue weighted by atomic mass is 16.3. The second-order valence-corrected chi connectivity index (χ2v) is 5.11. The Bertz CT molecular complexity index is 713. The topological polar surface area (TPSA) is 86.8 Å². The molecule has 0 aliphatic carbocycles. The van der Waals surface area contributed by atoms with Gasteiger partial charge in [-0.1, -0.05) is 6.07 Å². The first-order valence-corrected chi connectivity index (χ1v) is 6.79. The van der Waals surface area contributed by atoms with E-state index in [1.807, 2.05) is 18.2 Å². The van der Waals surface area contributed by atoms with Gasteiger partial charge in [0.15, 0.2) is 0 Å². The Kier molecular flexibility index (Phi) is 3.17. The lowest BCUT2D eigenvalue weighted by Crippen LogP contribution is -2.35. The highest BCUT2D eigenvalue weighted by Gasteiger charge is 2.26. The molecule has 5 heteroatoms. The van der Waals surface area contributed by atoms with Gasteiger partial charge in [-0.3, -0.25) is 4.79 Å². The van der Waals surface area contributed by atoms with Gasteiger partial charge < -0.3 is 20.8 Å². The number of hydrogen-bond acceptors (Lipinski definition) is 4. The fourth-order valence-electron chi connectivity index (χ4n) is 2.71. The van der Waals surface area contributed by atoms with Crippen LogP contribution in [-0.2, 0) is 6.42 Å². The van der Waals surface area contributed by atoms with Gasteiger partial charge in [-0.2, -0.15) is 0 Å². The molecule has 21 heavy (non-hydrogen) atoms. The number of phenolic OH excluding ortho intramolecular Hbond substituents is 2. The van der Waals surface area contributed by atoms with Crippen LogP contribution in [-0.4, -0.2) is 22.7 Å². The first-order valence-electron chi connectivity index (χ1n) is 6.79. The lowest BCUT2D eigenvalue weighted by Gasteiger charge is -2.30. The molecule has 0 bridgehead atoms. The van der Waals surface area contributed by atoms with Crippen LogP contribution >= 0.6 is 0 Å². The number of aromatic hydroxyl groups is 2. The largest absolute Gasteiger partial charge is 0.508 e. The van der Waals surface area contributed by atoms with Gasteiger partial charge in [0.1, 0.15) is 11.5 Å². The van der Waals surface area contributed by atoms with Crippen molar-refractivity contribution in [3.05, 3.63) is 47.5 Å². The number of carbonyl (C=O) groups excluding carboxylic acids is 1. The Labute approximate surface area is 122 Å². The summed E-state index contributed by atoms with van der Waals surface area (Å²) in [7, 11) is 0. The van der Waals surface area contributed by atoms with Crippen LogP contribution in [0.2, 0.25) is 0 Å². The molecule has 0 fully saturated rings. The van der Waals surface area contributed by atoms with E-state index in [0.29, 0.717) is 12.2 Å². The van der Waals surface area contributed by atoms with Crippen LogP contribution in [0.1, 0.15) is 22.3 Å². The van der Waals surface area contributed by atoms with Crippen molar-refractivity contribution in [3.63, 3.8) is 0 Å². The molecule has 0 spiro atoms. The Morgan fingerprint density at radius 1 is 1.19 bits per heavy atom. The third-order valence-corrected chi connectivity index (χ3v) is 3.74. The average molecular weight is 284 g/mol. The summed E-state index contributed by atoms with van der Waals surface area (Å²) in [4.78, 5) is 14.3. The van der Waals surface area contributed by atoms with Crippen LogP contribution < -0.4 is 10.6 Å². The molecule has 1 aliphatic heterocycles. The van der Waals surface area contributed by atoms with Gasteiger partial charge in [-0.25, -0.2) is 0 Å². The normalized spacial score (nSPS) is 13.8. The number of phenols is 2. The molecule has 0 saturated heterocycles. The van der Waals surface area contributed by atoms with Crippen LogP contribution in [0.3, 0.4) is 0 Å². The van der Waals surface area contributed by atoms with E-state index < -0.39 is 0 Å². The summed E-state index contributed by atoms with van der Waals surface area (Å²) in [6, 6.07) is 9.48. The van der Waals surface area contributed by atoms with Gasteiger partial charge in [-0.15, -0.1) is 0 Å². The van der Waals surface area contributed by atoms with E-state index in [1.165, 1.54) is 12.1 Å². The predicted molar refractivity (Wildman–Crippen MR) is 80.6 cm³/mol. The van der Waals surface area contributed by atoms with Gasteiger partial charge >= 0.3 is 0 Å². The molecule has 0 aromatic heterocycles. The van der Waals surface area contributed by atoms with Crippen LogP contribution in [0.15, 0.2) is 36.4 Å². The van der Waals surface area contributed by atoms with Gasteiger partial charge in [0.05, 0.1) is 5.56 Å². The Morgan fingerprint density at radius 2 is 2.00 bits per heavy atom. The van der Waals surface area contributed by atoms with Crippen LogP contribution in [0.25, 0.3) is 0 Å². The maximum Gasteiger partial charge on any atom is 0.262 e. The van der Waals surface area contributed by atoms with E-state index in [4.69, 9.17) is 5.73 Å². The van der Waals surface area contributed by atoms with Crippen LogP contribution in [0, 0.1) is 0 Å².